The van der Waals surface area contributed by atoms with Crippen LogP contribution in [0.15, 0.2) is 41.0 Å². The molecule has 3 aromatic heterocycles. The van der Waals surface area contributed by atoms with E-state index in [0.29, 0.717) is 5.65 Å². The summed E-state index contributed by atoms with van der Waals surface area (Å²) in [5, 5.41) is 11.1. The number of aliphatic hydroxyl groups excluding tert-OH is 1. The van der Waals surface area contributed by atoms with Crippen LogP contribution in [0.1, 0.15) is 18.6 Å². The van der Waals surface area contributed by atoms with Gasteiger partial charge >= 0.3 is 0 Å². The Morgan fingerprint density at radius 3 is 3.00 bits per heavy atom. The van der Waals surface area contributed by atoms with Crippen LogP contribution in [0.4, 0.5) is 0 Å². The monoisotopic (exact) mass is 273 g/mol. The first-order chi connectivity index (χ1) is 9.24. The van der Waals surface area contributed by atoms with Crippen molar-refractivity contribution in [3.63, 3.8) is 0 Å². The Bertz CT molecular complexity index is 712. The van der Waals surface area contributed by atoms with Gasteiger partial charge in [-0.2, -0.15) is 0 Å². The second-order valence-electron chi connectivity index (χ2n) is 3.99. The lowest BCUT2D eigenvalue weighted by Crippen LogP contribution is -1.93. The highest BCUT2D eigenvalue weighted by Crippen LogP contribution is 2.29. The number of rotatable bonds is 3. The van der Waals surface area contributed by atoms with Crippen LogP contribution < -0.4 is 0 Å². The van der Waals surface area contributed by atoms with Crippen molar-refractivity contribution in [1.82, 2.24) is 24.9 Å². The Morgan fingerprint density at radius 1 is 1.26 bits per heavy atom. The van der Waals surface area contributed by atoms with Gasteiger partial charge in [0, 0.05) is 6.20 Å². The van der Waals surface area contributed by atoms with E-state index in [1.54, 1.807) is 25.5 Å². The topological polar surface area (TPSA) is 87.6 Å². The van der Waals surface area contributed by atoms with Crippen LogP contribution in [-0.2, 0) is 0 Å². The highest BCUT2D eigenvalue weighted by molar-refractivity contribution is 7.99. The normalized spacial score (nSPS) is 12.7. The number of hydrogen-bond donors (Lipinski definition) is 2. The molecule has 0 amide bonds. The molecule has 96 valence electrons. The molecule has 0 saturated carbocycles. The van der Waals surface area contributed by atoms with Gasteiger partial charge in [-0.25, -0.2) is 19.9 Å². The van der Waals surface area contributed by atoms with Crippen molar-refractivity contribution >= 4 is 22.9 Å². The van der Waals surface area contributed by atoms with Crippen molar-refractivity contribution in [2.24, 2.45) is 0 Å². The first-order valence-electron chi connectivity index (χ1n) is 5.70. The van der Waals surface area contributed by atoms with Crippen molar-refractivity contribution < 1.29 is 5.11 Å². The minimum atomic E-state index is -0.514. The average molecular weight is 273 g/mol. The fraction of sp³-hybridized carbons (Fsp3) is 0.167. The van der Waals surface area contributed by atoms with Gasteiger partial charge in [0.05, 0.1) is 12.4 Å². The van der Waals surface area contributed by atoms with E-state index in [2.05, 4.69) is 24.9 Å². The standard InChI is InChI=1S/C12H11N5OS/c1-7(18)8-2-3-13-9(4-8)19-12-10-11(15-5-14-10)16-6-17-12/h2-7,18H,1H3,(H,14,15,16,17). The summed E-state index contributed by atoms with van der Waals surface area (Å²) >= 11 is 1.41. The second kappa shape index (κ2) is 4.94. The summed E-state index contributed by atoms with van der Waals surface area (Å²) in [5.74, 6) is 0. The van der Waals surface area contributed by atoms with Gasteiger partial charge in [0.1, 0.15) is 21.9 Å². The number of imidazole rings is 1. The van der Waals surface area contributed by atoms with E-state index in [4.69, 9.17) is 0 Å². The average Bonchev–Trinajstić information content (AvgIpc) is 2.88. The predicted molar refractivity (Wildman–Crippen MR) is 70.7 cm³/mol. The Morgan fingerprint density at radius 2 is 2.16 bits per heavy atom. The third-order valence-corrected chi connectivity index (χ3v) is 3.57. The zero-order chi connectivity index (χ0) is 13.2. The SMILES string of the molecule is CC(O)c1ccnc(Sc2ncnc3nc[nH]c23)c1. The number of H-pyrrole nitrogens is 1. The molecule has 1 unspecified atom stereocenters. The molecule has 0 spiro atoms. The van der Waals surface area contributed by atoms with E-state index in [1.165, 1.54) is 18.1 Å². The molecule has 0 aliphatic carbocycles. The quantitative estimate of drug-likeness (QED) is 0.709. The summed E-state index contributed by atoms with van der Waals surface area (Å²) in [5.41, 5.74) is 2.24. The van der Waals surface area contributed by atoms with Crippen LogP contribution >= 0.6 is 11.8 Å². The molecule has 0 aromatic carbocycles. The summed E-state index contributed by atoms with van der Waals surface area (Å²) < 4.78 is 0. The smallest absolute Gasteiger partial charge is 0.181 e. The van der Waals surface area contributed by atoms with Crippen molar-refractivity contribution in [2.75, 3.05) is 0 Å². The number of hydrogen-bond acceptors (Lipinski definition) is 6. The summed E-state index contributed by atoms with van der Waals surface area (Å²) in [6.07, 6.45) is 4.22. The van der Waals surface area contributed by atoms with E-state index in [0.717, 1.165) is 21.1 Å². The third-order valence-electron chi connectivity index (χ3n) is 2.63. The highest BCUT2D eigenvalue weighted by atomic mass is 32.2. The van der Waals surface area contributed by atoms with Gasteiger partial charge in [-0.05, 0) is 36.4 Å². The second-order valence-corrected chi connectivity index (χ2v) is 4.99. The van der Waals surface area contributed by atoms with Gasteiger partial charge in [0.15, 0.2) is 5.65 Å². The van der Waals surface area contributed by atoms with Gasteiger partial charge in [0.2, 0.25) is 0 Å². The molecule has 19 heavy (non-hydrogen) atoms. The van der Waals surface area contributed by atoms with E-state index in [9.17, 15) is 5.11 Å². The first-order valence-corrected chi connectivity index (χ1v) is 6.51. The number of pyridine rings is 1. The van der Waals surface area contributed by atoms with Crippen molar-refractivity contribution in [3.05, 3.63) is 36.5 Å². The van der Waals surface area contributed by atoms with Gasteiger partial charge in [-0.15, -0.1) is 0 Å². The Balaban J connectivity index is 1.97. The summed E-state index contributed by atoms with van der Waals surface area (Å²) in [6.45, 7) is 1.72. The predicted octanol–water partition coefficient (Wildman–Crippen LogP) is 1.95. The Kier molecular flexibility index (Phi) is 3.14. The highest BCUT2D eigenvalue weighted by Gasteiger charge is 2.09. The molecule has 2 N–H and O–H groups in total. The fourth-order valence-corrected chi connectivity index (χ4v) is 2.52. The first kappa shape index (κ1) is 12.1. The molecule has 7 heteroatoms. The number of nitrogens with zero attached hydrogens (tertiary/aromatic N) is 4. The molecule has 0 fully saturated rings. The maximum absolute atomic E-state index is 9.57. The van der Waals surface area contributed by atoms with Crippen molar-refractivity contribution in [1.29, 1.82) is 0 Å². The Hall–Kier alpha value is -1.99. The van der Waals surface area contributed by atoms with Crippen molar-refractivity contribution in [3.8, 4) is 0 Å². The number of aliphatic hydroxyl groups is 1. The van der Waals surface area contributed by atoms with Crippen LogP contribution in [0.25, 0.3) is 11.2 Å². The lowest BCUT2D eigenvalue weighted by Gasteiger charge is -2.06. The molecule has 0 bridgehead atoms. The minimum absolute atomic E-state index is 0.514. The fourth-order valence-electron chi connectivity index (χ4n) is 1.66. The van der Waals surface area contributed by atoms with Crippen LogP contribution in [-0.4, -0.2) is 30.0 Å². The third kappa shape index (κ3) is 2.42. The van der Waals surface area contributed by atoms with E-state index >= 15 is 0 Å². The lowest BCUT2D eigenvalue weighted by atomic mass is 10.2. The van der Waals surface area contributed by atoms with Gasteiger partial charge in [-0.1, -0.05) is 0 Å². The molecular weight excluding hydrogens is 262 g/mol. The van der Waals surface area contributed by atoms with Gasteiger partial charge in [0.25, 0.3) is 0 Å². The molecule has 3 rings (SSSR count). The molecule has 0 radical (unpaired) electrons. The maximum Gasteiger partial charge on any atom is 0.181 e. The van der Waals surface area contributed by atoms with Crippen molar-refractivity contribution in [2.45, 2.75) is 23.1 Å². The molecule has 0 aliphatic rings. The zero-order valence-electron chi connectivity index (χ0n) is 10.1. The van der Waals surface area contributed by atoms with Crippen LogP contribution in [0.5, 0.6) is 0 Å². The molecule has 0 saturated heterocycles. The number of aromatic nitrogens is 5. The molecule has 1 atom stereocenters. The number of fused-ring (bicyclic) bond motifs is 1. The molecule has 0 aliphatic heterocycles. The lowest BCUT2D eigenvalue weighted by molar-refractivity contribution is 0.199. The van der Waals surface area contributed by atoms with Crippen LogP contribution in [0, 0.1) is 0 Å². The number of nitrogens with one attached hydrogen (secondary N) is 1. The molecule has 6 nitrogen and oxygen atoms in total. The minimum Gasteiger partial charge on any atom is -0.389 e. The molecule has 3 aromatic rings. The van der Waals surface area contributed by atoms with Crippen LogP contribution in [0.3, 0.4) is 0 Å². The van der Waals surface area contributed by atoms with Crippen LogP contribution in [0.2, 0.25) is 0 Å². The summed E-state index contributed by atoms with van der Waals surface area (Å²) in [6, 6.07) is 3.64. The molecular formula is C12H11N5OS. The maximum atomic E-state index is 9.57. The zero-order valence-corrected chi connectivity index (χ0v) is 10.9. The largest absolute Gasteiger partial charge is 0.389 e. The summed E-state index contributed by atoms with van der Waals surface area (Å²) in [4.78, 5) is 19.7. The summed E-state index contributed by atoms with van der Waals surface area (Å²) in [7, 11) is 0. The van der Waals surface area contributed by atoms with Gasteiger partial charge in [-0.3, -0.25) is 0 Å². The Labute approximate surface area is 113 Å². The van der Waals surface area contributed by atoms with E-state index in [-0.39, 0.29) is 0 Å². The van der Waals surface area contributed by atoms with E-state index in [1.807, 2.05) is 6.07 Å². The molecule has 3 heterocycles. The van der Waals surface area contributed by atoms with Gasteiger partial charge < -0.3 is 10.1 Å². The van der Waals surface area contributed by atoms with E-state index < -0.39 is 6.10 Å². The number of aromatic amines is 1.